The first-order chi connectivity index (χ1) is 14.0. The molecule has 0 aromatic heterocycles. The van der Waals surface area contributed by atoms with Gasteiger partial charge in [-0.25, -0.2) is 19.6 Å². The quantitative estimate of drug-likeness (QED) is 0.702. The summed E-state index contributed by atoms with van der Waals surface area (Å²) in [4.78, 5) is 37.0. The first kappa shape index (κ1) is 20.4. The summed E-state index contributed by atoms with van der Waals surface area (Å²) in [7, 11) is 0. The number of carbonyl (C=O) groups excluding carboxylic acids is 3. The van der Waals surface area contributed by atoms with Crippen LogP contribution < -0.4 is 0 Å². The number of esters is 1. The van der Waals surface area contributed by atoms with Crippen LogP contribution in [0.15, 0.2) is 60.7 Å². The highest BCUT2D eigenvalue weighted by atomic mass is 16.6. The van der Waals surface area contributed by atoms with Crippen LogP contribution in [0.2, 0.25) is 0 Å². The van der Waals surface area contributed by atoms with E-state index in [-0.39, 0.29) is 18.9 Å². The van der Waals surface area contributed by atoms with Gasteiger partial charge in [-0.1, -0.05) is 60.7 Å². The fraction of sp³-hybridized carbons (Fsp3) is 0.318. The number of carbonyl (C=O) groups is 3. The minimum Gasteiger partial charge on any atom is -0.458 e. The summed E-state index contributed by atoms with van der Waals surface area (Å²) >= 11 is 0. The molecule has 1 saturated heterocycles. The summed E-state index contributed by atoms with van der Waals surface area (Å²) in [6, 6.07) is 18.5. The van der Waals surface area contributed by atoms with Gasteiger partial charge in [0.15, 0.2) is 0 Å². The first-order valence-electron chi connectivity index (χ1n) is 9.55. The van der Waals surface area contributed by atoms with Crippen molar-refractivity contribution in [3.8, 4) is 0 Å². The van der Waals surface area contributed by atoms with E-state index >= 15 is 0 Å². The fourth-order valence-electron chi connectivity index (χ4n) is 3.13. The van der Waals surface area contributed by atoms with E-state index in [4.69, 9.17) is 9.47 Å². The average molecular weight is 396 g/mol. The molecule has 0 bridgehead atoms. The third kappa shape index (κ3) is 5.57. The zero-order valence-electron chi connectivity index (χ0n) is 16.3. The number of nitrogens with zero attached hydrogens (tertiary/aromatic N) is 2. The zero-order valence-corrected chi connectivity index (χ0v) is 16.3. The van der Waals surface area contributed by atoms with Crippen molar-refractivity contribution < 1.29 is 23.9 Å². The van der Waals surface area contributed by atoms with Gasteiger partial charge in [0.05, 0.1) is 0 Å². The third-order valence-electron chi connectivity index (χ3n) is 4.60. The molecule has 1 aliphatic heterocycles. The molecule has 0 radical (unpaired) electrons. The van der Waals surface area contributed by atoms with Gasteiger partial charge in [-0.05, 0) is 17.5 Å². The van der Waals surface area contributed by atoms with Crippen molar-refractivity contribution in [1.82, 2.24) is 10.0 Å². The van der Waals surface area contributed by atoms with Crippen LogP contribution in [-0.2, 0) is 32.1 Å². The van der Waals surface area contributed by atoms with Gasteiger partial charge in [-0.2, -0.15) is 0 Å². The molecule has 1 unspecified atom stereocenters. The van der Waals surface area contributed by atoms with Gasteiger partial charge in [-0.3, -0.25) is 4.79 Å². The molecular weight excluding hydrogens is 372 g/mol. The lowest BCUT2D eigenvalue weighted by atomic mass is 10.1. The van der Waals surface area contributed by atoms with E-state index in [1.807, 2.05) is 60.7 Å². The molecule has 152 valence electrons. The topological polar surface area (TPSA) is 76.2 Å². The maximum Gasteiger partial charge on any atom is 0.429 e. The Hall–Kier alpha value is -3.35. The normalized spacial score (nSPS) is 14.4. The molecule has 7 nitrogen and oxygen atoms in total. The fourth-order valence-corrected chi connectivity index (χ4v) is 3.13. The third-order valence-corrected chi connectivity index (χ3v) is 4.60. The Labute approximate surface area is 169 Å². The lowest BCUT2D eigenvalue weighted by molar-refractivity contribution is -0.157. The maximum absolute atomic E-state index is 12.7. The lowest BCUT2D eigenvalue weighted by Crippen LogP contribution is -2.46. The second-order valence-electron chi connectivity index (χ2n) is 6.77. The monoisotopic (exact) mass is 396 g/mol. The molecule has 0 aliphatic carbocycles. The summed E-state index contributed by atoms with van der Waals surface area (Å²) < 4.78 is 10.9. The molecule has 1 heterocycles. The molecule has 29 heavy (non-hydrogen) atoms. The maximum atomic E-state index is 12.7. The van der Waals surface area contributed by atoms with Crippen molar-refractivity contribution in [2.45, 2.75) is 32.5 Å². The molecule has 7 heteroatoms. The van der Waals surface area contributed by atoms with Crippen LogP contribution in [0.3, 0.4) is 0 Å². The van der Waals surface area contributed by atoms with Crippen molar-refractivity contribution in [3.63, 3.8) is 0 Å². The molecule has 2 aromatic carbocycles. The van der Waals surface area contributed by atoms with Crippen LogP contribution in [0.5, 0.6) is 0 Å². The molecule has 1 fully saturated rings. The molecule has 1 atom stereocenters. The Morgan fingerprint density at radius 3 is 2.10 bits per heavy atom. The highest BCUT2D eigenvalue weighted by molar-refractivity contribution is 5.81. The van der Waals surface area contributed by atoms with E-state index in [1.54, 1.807) is 0 Å². The number of hydrogen-bond acceptors (Lipinski definition) is 5. The van der Waals surface area contributed by atoms with Crippen LogP contribution in [-0.4, -0.2) is 47.2 Å². The van der Waals surface area contributed by atoms with Crippen molar-refractivity contribution in [3.05, 3.63) is 71.8 Å². The lowest BCUT2D eigenvalue weighted by Gasteiger charge is -2.27. The van der Waals surface area contributed by atoms with Crippen LogP contribution >= 0.6 is 0 Å². The van der Waals surface area contributed by atoms with Gasteiger partial charge in [-0.15, -0.1) is 0 Å². The zero-order chi connectivity index (χ0) is 20.6. The number of rotatable bonds is 6. The Morgan fingerprint density at radius 2 is 1.48 bits per heavy atom. The van der Waals surface area contributed by atoms with Crippen LogP contribution in [0.1, 0.15) is 24.5 Å². The van der Waals surface area contributed by atoms with Gasteiger partial charge >= 0.3 is 12.1 Å². The Bertz CT molecular complexity index is 841. The van der Waals surface area contributed by atoms with Crippen LogP contribution in [0, 0.1) is 0 Å². The van der Waals surface area contributed by atoms with E-state index in [2.05, 4.69) is 0 Å². The molecule has 2 aromatic rings. The summed E-state index contributed by atoms with van der Waals surface area (Å²) in [5.41, 5.74) is 1.68. The summed E-state index contributed by atoms with van der Waals surface area (Å²) in [5, 5.41) is 2.57. The second-order valence-corrected chi connectivity index (χ2v) is 6.77. The largest absolute Gasteiger partial charge is 0.458 e. The average Bonchev–Trinajstić information content (AvgIpc) is 3.23. The summed E-state index contributed by atoms with van der Waals surface area (Å²) in [5.74, 6) is -0.870. The molecule has 0 saturated carbocycles. The smallest absolute Gasteiger partial charge is 0.429 e. The number of amides is 2. The van der Waals surface area contributed by atoms with Crippen molar-refractivity contribution >= 4 is 18.0 Å². The van der Waals surface area contributed by atoms with E-state index < -0.39 is 18.2 Å². The second kappa shape index (κ2) is 9.73. The number of hydrogen-bond donors (Lipinski definition) is 0. The van der Waals surface area contributed by atoms with Gasteiger partial charge in [0, 0.05) is 26.4 Å². The van der Waals surface area contributed by atoms with E-state index in [9.17, 15) is 14.4 Å². The van der Waals surface area contributed by atoms with E-state index in [0.29, 0.717) is 19.5 Å². The highest BCUT2D eigenvalue weighted by Gasteiger charge is 2.33. The van der Waals surface area contributed by atoms with Gasteiger partial charge in [0.25, 0.3) is 0 Å². The van der Waals surface area contributed by atoms with Crippen LogP contribution in [0.4, 0.5) is 4.79 Å². The predicted molar refractivity (Wildman–Crippen MR) is 105 cm³/mol. The molecule has 0 N–H and O–H groups in total. The minimum atomic E-state index is -1.11. The molecule has 0 spiro atoms. The van der Waals surface area contributed by atoms with Crippen molar-refractivity contribution in [1.29, 1.82) is 0 Å². The summed E-state index contributed by atoms with van der Waals surface area (Å²) in [6.45, 7) is 2.30. The predicted octanol–water partition coefficient (Wildman–Crippen LogP) is 2.95. The van der Waals surface area contributed by atoms with E-state index in [1.165, 1.54) is 16.9 Å². The Kier molecular flexibility index (Phi) is 6.84. The molecule has 1 aliphatic rings. The van der Waals surface area contributed by atoms with E-state index in [0.717, 1.165) is 11.1 Å². The number of benzene rings is 2. The first-order valence-corrected chi connectivity index (χ1v) is 9.55. The van der Waals surface area contributed by atoms with Gasteiger partial charge < -0.3 is 9.47 Å². The van der Waals surface area contributed by atoms with Crippen molar-refractivity contribution in [2.75, 3.05) is 13.1 Å². The molecule has 3 rings (SSSR count). The standard InChI is InChI=1S/C22H24N2O5/c1-17(25)23-13-8-14-24(23)22(27)29-20(15-18-9-4-2-5-10-18)21(26)28-16-19-11-6-3-7-12-19/h2-7,9-12,20H,8,13-16H2,1H3. The van der Waals surface area contributed by atoms with Crippen LogP contribution in [0.25, 0.3) is 0 Å². The van der Waals surface area contributed by atoms with Gasteiger partial charge in [0.1, 0.15) is 6.61 Å². The number of hydrazine groups is 1. The molecular formula is C22H24N2O5. The minimum absolute atomic E-state index is 0.0891. The Balaban J connectivity index is 1.69. The summed E-state index contributed by atoms with van der Waals surface area (Å²) in [6.07, 6.45) is -0.983. The SMILES string of the molecule is CC(=O)N1CCCN1C(=O)OC(Cc1ccccc1)C(=O)OCc1ccccc1. The van der Waals surface area contributed by atoms with Gasteiger partial charge in [0.2, 0.25) is 12.0 Å². The molecule has 2 amide bonds. The van der Waals surface area contributed by atoms with Crippen molar-refractivity contribution in [2.24, 2.45) is 0 Å². The number of ether oxygens (including phenoxy) is 2. The highest BCUT2D eigenvalue weighted by Crippen LogP contribution is 2.16. The Morgan fingerprint density at radius 1 is 0.897 bits per heavy atom.